The lowest BCUT2D eigenvalue weighted by molar-refractivity contribution is 0.0521. The Morgan fingerprint density at radius 3 is 2.45 bits per heavy atom. The van der Waals surface area contributed by atoms with Gasteiger partial charge in [-0.3, -0.25) is 9.59 Å². The number of nitrogens with one attached hydrogen (secondary N) is 1. The third kappa shape index (κ3) is 4.45. The van der Waals surface area contributed by atoms with Crippen LogP contribution in [0.3, 0.4) is 0 Å². The van der Waals surface area contributed by atoms with Crippen LogP contribution in [-0.2, 0) is 0 Å². The Labute approximate surface area is 175 Å². The first-order valence-electron chi connectivity index (χ1n) is 10.2. The molecule has 2 aromatic rings. The molecule has 29 heavy (non-hydrogen) atoms. The zero-order chi connectivity index (χ0) is 20.4. The van der Waals surface area contributed by atoms with Crippen LogP contribution in [0.5, 0.6) is 0 Å². The topological polar surface area (TPSA) is 49.4 Å². The first-order valence-corrected chi connectivity index (χ1v) is 10.5. The van der Waals surface area contributed by atoms with Gasteiger partial charge in [0.15, 0.2) is 0 Å². The maximum atomic E-state index is 13.0. The van der Waals surface area contributed by atoms with Gasteiger partial charge in [-0.05, 0) is 67.1 Å². The number of carbonyl (C=O) groups excluding carboxylic acids is 2. The molecule has 1 saturated heterocycles. The van der Waals surface area contributed by atoms with Crippen LogP contribution in [-0.4, -0.2) is 29.8 Å². The Morgan fingerprint density at radius 2 is 1.72 bits per heavy atom. The van der Waals surface area contributed by atoms with Crippen molar-refractivity contribution in [2.75, 3.05) is 18.4 Å². The molecule has 1 aliphatic carbocycles. The molecule has 0 unspecified atom stereocenters. The van der Waals surface area contributed by atoms with E-state index in [1.54, 1.807) is 18.2 Å². The number of nitrogens with zero attached hydrogens (tertiary/aromatic N) is 1. The Bertz CT molecular complexity index is 916. The summed E-state index contributed by atoms with van der Waals surface area (Å²) >= 11 is 6.38. The van der Waals surface area contributed by atoms with Gasteiger partial charge in [-0.1, -0.05) is 30.9 Å². The molecule has 1 N–H and O–H groups in total. The van der Waals surface area contributed by atoms with Crippen LogP contribution in [0.2, 0.25) is 5.02 Å². The average molecular weight is 415 g/mol. The highest BCUT2D eigenvalue weighted by Crippen LogP contribution is 2.36. The number of benzene rings is 2. The largest absolute Gasteiger partial charge is 0.338 e. The number of anilines is 1. The van der Waals surface area contributed by atoms with Crippen LogP contribution in [0.4, 0.5) is 10.1 Å². The fourth-order valence-electron chi connectivity index (χ4n) is 4.53. The Kier molecular flexibility index (Phi) is 5.86. The molecular weight excluding hydrogens is 391 g/mol. The van der Waals surface area contributed by atoms with Gasteiger partial charge in [-0.25, -0.2) is 4.39 Å². The standard InChI is InChI=1S/C23H24ClFN2O2/c24-21-13-19(26-22(28)16-5-7-18(25)8-6-16)9-10-20(21)23(29)27-12-11-15-3-1-2-4-17(15)14-27/h5-10,13,15,17H,1-4,11-12,14H2,(H,26,28)/t15-,17+/m1/s1. The van der Waals surface area contributed by atoms with Gasteiger partial charge in [0.25, 0.3) is 11.8 Å². The van der Waals surface area contributed by atoms with Crippen molar-refractivity contribution in [2.45, 2.75) is 32.1 Å². The fourth-order valence-corrected chi connectivity index (χ4v) is 4.79. The van der Waals surface area contributed by atoms with E-state index in [0.717, 1.165) is 25.4 Å². The second-order valence-corrected chi connectivity index (χ2v) is 8.41. The van der Waals surface area contributed by atoms with Crippen LogP contribution >= 0.6 is 11.6 Å². The first-order chi connectivity index (χ1) is 14.0. The first kappa shape index (κ1) is 19.9. The smallest absolute Gasteiger partial charge is 0.255 e. The Morgan fingerprint density at radius 1 is 1.00 bits per heavy atom. The number of hydrogen-bond acceptors (Lipinski definition) is 2. The van der Waals surface area contributed by atoms with E-state index < -0.39 is 5.82 Å². The van der Waals surface area contributed by atoms with Crippen LogP contribution in [0.25, 0.3) is 0 Å². The second-order valence-electron chi connectivity index (χ2n) is 8.00. The van der Waals surface area contributed by atoms with Gasteiger partial charge in [0.05, 0.1) is 10.6 Å². The SMILES string of the molecule is O=C(Nc1ccc(C(=O)N2CC[C@H]3CCCC[C@H]3C2)c(Cl)c1)c1ccc(F)cc1. The monoisotopic (exact) mass is 414 g/mol. The maximum absolute atomic E-state index is 13.0. The van der Waals surface area contributed by atoms with E-state index in [4.69, 9.17) is 11.6 Å². The number of carbonyl (C=O) groups is 2. The molecule has 2 amide bonds. The average Bonchev–Trinajstić information content (AvgIpc) is 2.73. The number of piperidine rings is 1. The summed E-state index contributed by atoms with van der Waals surface area (Å²) in [5.41, 5.74) is 1.30. The second kappa shape index (κ2) is 8.54. The molecule has 4 rings (SSSR count). The summed E-state index contributed by atoms with van der Waals surface area (Å²) in [6.45, 7) is 1.59. The Balaban J connectivity index is 1.43. The molecular formula is C23H24ClFN2O2. The lowest BCUT2D eigenvalue weighted by Gasteiger charge is -2.41. The van der Waals surface area contributed by atoms with Crippen molar-refractivity contribution in [1.29, 1.82) is 0 Å². The molecule has 2 fully saturated rings. The number of hydrogen-bond donors (Lipinski definition) is 1. The molecule has 6 heteroatoms. The number of halogens is 2. The molecule has 4 nitrogen and oxygen atoms in total. The molecule has 2 aliphatic rings. The van der Waals surface area contributed by atoms with Crippen molar-refractivity contribution in [2.24, 2.45) is 11.8 Å². The number of likely N-dealkylation sites (tertiary alicyclic amines) is 1. The van der Waals surface area contributed by atoms with Gasteiger partial charge in [0.1, 0.15) is 5.82 Å². The highest BCUT2D eigenvalue weighted by molar-refractivity contribution is 6.34. The zero-order valence-electron chi connectivity index (χ0n) is 16.2. The zero-order valence-corrected chi connectivity index (χ0v) is 16.9. The van der Waals surface area contributed by atoms with E-state index in [0.29, 0.717) is 27.8 Å². The molecule has 0 aromatic heterocycles. The summed E-state index contributed by atoms with van der Waals surface area (Å²) in [6.07, 6.45) is 6.13. The van der Waals surface area contributed by atoms with Gasteiger partial charge in [-0.15, -0.1) is 0 Å². The molecule has 2 atom stereocenters. The van der Waals surface area contributed by atoms with E-state index >= 15 is 0 Å². The minimum Gasteiger partial charge on any atom is -0.338 e. The molecule has 0 radical (unpaired) electrons. The summed E-state index contributed by atoms with van der Waals surface area (Å²) in [4.78, 5) is 27.2. The van der Waals surface area contributed by atoms with E-state index in [9.17, 15) is 14.0 Å². The molecule has 152 valence electrons. The van der Waals surface area contributed by atoms with Crippen molar-refractivity contribution in [3.8, 4) is 0 Å². The summed E-state index contributed by atoms with van der Waals surface area (Å²) in [5.74, 6) is 0.557. The van der Waals surface area contributed by atoms with Crippen LogP contribution in [0.15, 0.2) is 42.5 Å². The predicted octanol–water partition coefficient (Wildman–Crippen LogP) is 5.38. The molecule has 0 spiro atoms. The summed E-state index contributed by atoms with van der Waals surface area (Å²) in [5, 5.41) is 3.05. The van der Waals surface area contributed by atoms with Gasteiger partial charge in [0.2, 0.25) is 0 Å². The minimum absolute atomic E-state index is 0.0459. The third-order valence-corrected chi connectivity index (χ3v) is 6.45. The van der Waals surface area contributed by atoms with Crippen molar-refractivity contribution in [3.05, 3.63) is 64.4 Å². The molecule has 1 heterocycles. The molecule has 2 aromatic carbocycles. The van der Waals surface area contributed by atoms with E-state index in [1.807, 2.05) is 4.90 Å². The quantitative estimate of drug-likeness (QED) is 0.732. The van der Waals surface area contributed by atoms with Gasteiger partial charge in [0, 0.05) is 24.3 Å². The normalized spacial score (nSPS) is 21.4. The fraction of sp³-hybridized carbons (Fsp3) is 0.391. The summed E-state index contributed by atoms with van der Waals surface area (Å²) in [6, 6.07) is 10.2. The Hall–Kier alpha value is -2.40. The molecule has 1 aliphatic heterocycles. The van der Waals surface area contributed by atoms with Crippen LogP contribution < -0.4 is 5.32 Å². The lowest BCUT2D eigenvalue weighted by atomic mass is 9.75. The lowest BCUT2D eigenvalue weighted by Crippen LogP contribution is -2.44. The van der Waals surface area contributed by atoms with E-state index in [2.05, 4.69) is 5.32 Å². The number of rotatable bonds is 3. The van der Waals surface area contributed by atoms with Gasteiger partial charge >= 0.3 is 0 Å². The van der Waals surface area contributed by atoms with Gasteiger partial charge < -0.3 is 10.2 Å². The van der Waals surface area contributed by atoms with E-state index in [-0.39, 0.29) is 11.8 Å². The van der Waals surface area contributed by atoms with E-state index in [1.165, 1.54) is 49.9 Å². The minimum atomic E-state index is -0.398. The van der Waals surface area contributed by atoms with Crippen LogP contribution in [0.1, 0.15) is 52.8 Å². The van der Waals surface area contributed by atoms with Crippen molar-refractivity contribution in [1.82, 2.24) is 4.90 Å². The van der Waals surface area contributed by atoms with Crippen molar-refractivity contribution >= 4 is 29.1 Å². The molecule has 1 saturated carbocycles. The van der Waals surface area contributed by atoms with Crippen LogP contribution in [0, 0.1) is 17.7 Å². The summed E-state index contributed by atoms with van der Waals surface area (Å²) < 4.78 is 13.0. The van der Waals surface area contributed by atoms with Crippen molar-refractivity contribution < 1.29 is 14.0 Å². The highest BCUT2D eigenvalue weighted by Gasteiger charge is 2.33. The van der Waals surface area contributed by atoms with Gasteiger partial charge in [-0.2, -0.15) is 0 Å². The molecule has 0 bridgehead atoms. The number of fused-ring (bicyclic) bond motifs is 1. The predicted molar refractivity (Wildman–Crippen MR) is 112 cm³/mol. The maximum Gasteiger partial charge on any atom is 0.255 e. The highest BCUT2D eigenvalue weighted by atomic mass is 35.5. The van der Waals surface area contributed by atoms with Crippen molar-refractivity contribution in [3.63, 3.8) is 0 Å². The summed E-state index contributed by atoms with van der Waals surface area (Å²) in [7, 11) is 0. The number of amides is 2. The third-order valence-electron chi connectivity index (χ3n) is 6.14.